The smallest absolute Gasteiger partial charge is 0.255 e. The number of nitrogens with zero attached hydrogens (tertiary/aromatic N) is 2. The van der Waals surface area contributed by atoms with Gasteiger partial charge in [-0.1, -0.05) is 13.8 Å². The largest absolute Gasteiger partial charge is 0.383 e. The van der Waals surface area contributed by atoms with Crippen molar-refractivity contribution in [1.29, 1.82) is 0 Å². The number of anilines is 1. The molecule has 0 bridgehead atoms. The van der Waals surface area contributed by atoms with Crippen molar-refractivity contribution in [3.05, 3.63) is 23.9 Å². The minimum Gasteiger partial charge on any atom is -0.383 e. The van der Waals surface area contributed by atoms with Gasteiger partial charge in [0.05, 0.1) is 12.2 Å². The molecule has 0 aliphatic carbocycles. The third-order valence-corrected chi connectivity index (χ3v) is 2.90. The molecule has 1 aromatic rings. The van der Waals surface area contributed by atoms with Gasteiger partial charge in [0.1, 0.15) is 5.82 Å². The summed E-state index contributed by atoms with van der Waals surface area (Å²) in [6, 6.07) is 3.65. The first-order chi connectivity index (χ1) is 9.72. The van der Waals surface area contributed by atoms with E-state index in [1.54, 1.807) is 13.3 Å². The molecule has 0 spiro atoms. The van der Waals surface area contributed by atoms with Crippen molar-refractivity contribution in [3.63, 3.8) is 0 Å². The van der Waals surface area contributed by atoms with Gasteiger partial charge in [0, 0.05) is 32.9 Å². The number of hydrogen-bond donors (Lipinski definition) is 1. The lowest BCUT2D eigenvalue weighted by Gasteiger charge is -2.21. The molecule has 0 fully saturated rings. The van der Waals surface area contributed by atoms with E-state index in [4.69, 9.17) is 4.74 Å². The van der Waals surface area contributed by atoms with E-state index in [9.17, 15) is 4.79 Å². The van der Waals surface area contributed by atoms with Crippen LogP contribution in [-0.2, 0) is 4.74 Å². The molecule has 20 heavy (non-hydrogen) atoms. The highest BCUT2D eigenvalue weighted by Gasteiger charge is 2.14. The summed E-state index contributed by atoms with van der Waals surface area (Å²) < 4.78 is 4.96. The van der Waals surface area contributed by atoms with E-state index in [0.717, 1.165) is 31.7 Å². The van der Waals surface area contributed by atoms with Crippen molar-refractivity contribution in [3.8, 4) is 0 Å². The van der Waals surface area contributed by atoms with E-state index >= 15 is 0 Å². The van der Waals surface area contributed by atoms with Crippen LogP contribution in [-0.4, -0.2) is 49.1 Å². The molecule has 1 amide bonds. The van der Waals surface area contributed by atoms with E-state index in [2.05, 4.69) is 24.1 Å². The number of carbonyl (C=O) groups is 1. The maximum absolute atomic E-state index is 12.3. The van der Waals surface area contributed by atoms with Crippen LogP contribution >= 0.6 is 0 Å². The Hall–Kier alpha value is -1.62. The second-order valence-corrected chi connectivity index (χ2v) is 4.64. The highest BCUT2D eigenvalue weighted by Crippen LogP contribution is 2.09. The van der Waals surface area contributed by atoms with Crippen LogP contribution in [0.4, 0.5) is 5.82 Å². The van der Waals surface area contributed by atoms with Crippen LogP contribution in [0.3, 0.4) is 0 Å². The molecule has 0 aliphatic rings. The SMILES string of the molecule is CCCN(CCC)C(=O)c1ccc(NCCOC)nc1. The Balaban J connectivity index is 2.63. The van der Waals surface area contributed by atoms with Crippen LogP contribution in [0.1, 0.15) is 37.0 Å². The Morgan fingerprint density at radius 2 is 2.00 bits per heavy atom. The molecule has 0 radical (unpaired) electrons. The summed E-state index contributed by atoms with van der Waals surface area (Å²) in [5.74, 6) is 0.820. The number of rotatable bonds is 9. The van der Waals surface area contributed by atoms with Crippen molar-refractivity contribution in [2.24, 2.45) is 0 Å². The Labute approximate surface area is 121 Å². The molecule has 1 aromatic heterocycles. The van der Waals surface area contributed by atoms with Crippen molar-refractivity contribution in [2.75, 3.05) is 38.7 Å². The van der Waals surface area contributed by atoms with Crippen molar-refractivity contribution >= 4 is 11.7 Å². The minimum absolute atomic E-state index is 0.0599. The third-order valence-electron chi connectivity index (χ3n) is 2.90. The number of amides is 1. The number of aromatic nitrogens is 1. The summed E-state index contributed by atoms with van der Waals surface area (Å²) in [7, 11) is 1.66. The van der Waals surface area contributed by atoms with Gasteiger partial charge in [-0.2, -0.15) is 0 Å². The molecule has 5 heteroatoms. The van der Waals surface area contributed by atoms with Gasteiger partial charge in [0.25, 0.3) is 5.91 Å². The second-order valence-electron chi connectivity index (χ2n) is 4.64. The normalized spacial score (nSPS) is 10.3. The minimum atomic E-state index is 0.0599. The summed E-state index contributed by atoms with van der Waals surface area (Å²) >= 11 is 0. The van der Waals surface area contributed by atoms with Gasteiger partial charge in [0.15, 0.2) is 0 Å². The summed E-state index contributed by atoms with van der Waals surface area (Å²) in [5.41, 5.74) is 0.643. The van der Waals surface area contributed by atoms with Crippen molar-refractivity contribution in [2.45, 2.75) is 26.7 Å². The topological polar surface area (TPSA) is 54.5 Å². The molecular weight excluding hydrogens is 254 g/mol. The fraction of sp³-hybridized carbons (Fsp3) is 0.600. The predicted octanol–water partition coefficient (Wildman–Crippen LogP) is 2.40. The average molecular weight is 279 g/mol. The molecule has 0 aromatic carbocycles. The van der Waals surface area contributed by atoms with Gasteiger partial charge < -0.3 is 15.0 Å². The quantitative estimate of drug-likeness (QED) is 0.705. The number of methoxy groups -OCH3 is 1. The maximum Gasteiger partial charge on any atom is 0.255 e. The zero-order chi connectivity index (χ0) is 14.8. The fourth-order valence-electron chi connectivity index (χ4n) is 1.94. The molecule has 0 unspecified atom stereocenters. The second kappa shape index (κ2) is 9.31. The summed E-state index contributed by atoms with van der Waals surface area (Å²) in [6.07, 6.45) is 3.57. The van der Waals surface area contributed by atoms with Crippen molar-refractivity contribution < 1.29 is 9.53 Å². The number of carbonyl (C=O) groups excluding carboxylic acids is 1. The summed E-state index contributed by atoms with van der Waals surface area (Å²) in [6.45, 7) is 7.08. The van der Waals surface area contributed by atoms with Gasteiger partial charge in [0.2, 0.25) is 0 Å². The van der Waals surface area contributed by atoms with Gasteiger partial charge in [-0.05, 0) is 25.0 Å². The van der Waals surface area contributed by atoms with Crippen molar-refractivity contribution in [1.82, 2.24) is 9.88 Å². The molecule has 112 valence electrons. The highest BCUT2D eigenvalue weighted by atomic mass is 16.5. The first kappa shape index (κ1) is 16.4. The average Bonchev–Trinajstić information content (AvgIpc) is 2.47. The Kier molecular flexibility index (Phi) is 7.65. The Morgan fingerprint density at radius 1 is 1.30 bits per heavy atom. The zero-order valence-electron chi connectivity index (χ0n) is 12.7. The number of pyridine rings is 1. The van der Waals surface area contributed by atoms with Crippen LogP contribution < -0.4 is 5.32 Å². The summed E-state index contributed by atoms with van der Waals surface area (Å²) in [5, 5.41) is 3.13. The molecular formula is C15H25N3O2. The van der Waals surface area contributed by atoms with Crippen LogP contribution in [0, 0.1) is 0 Å². The molecule has 1 N–H and O–H groups in total. The van der Waals surface area contributed by atoms with Crippen LogP contribution in [0.5, 0.6) is 0 Å². The lowest BCUT2D eigenvalue weighted by atomic mass is 10.2. The van der Waals surface area contributed by atoms with Crippen LogP contribution in [0.15, 0.2) is 18.3 Å². The number of ether oxygens (including phenoxy) is 1. The Morgan fingerprint density at radius 3 is 2.50 bits per heavy atom. The van der Waals surface area contributed by atoms with E-state index in [1.165, 1.54) is 0 Å². The molecule has 0 aliphatic heterocycles. The van der Waals surface area contributed by atoms with E-state index in [1.807, 2.05) is 17.0 Å². The standard InChI is InChI=1S/C15H25N3O2/c1-4-9-18(10-5-2)15(19)13-6-7-14(17-12-13)16-8-11-20-3/h6-7,12H,4-5,8-11H2,1-3H3,(H,16,17). The van der Waals surface area contributed by atoms with Crippen LogP contribution in [0.25, 0.3) is 0 Å². The summed E-state index contributed by atoms with van der Waals surface area (Å²) in [4.78, 5) is 18.5. The van der Waals surface area contributed by atoms with E-state index in [-0.39, 0.29) is 5.91 Å². The fourth-order valence-corrected chi connectivity index (χ4v) is 1.94. The monoisotopic (exact) mass is 279 g/mol. The first-order valence-corrected chi connectivity index (χ1v) is 7.21. The zero-order valence-corrected chi connectivity index (χ0v) is 12.7. The molecule has 0 saturated carbocycles. The molecule has 0 saturated heterocycles. The van der Waals surface area contributed by atoms with E-state index < -0.39 is 0 Å². The third kappa shape index (κ3) is 5.17. The molecule has 0 atom stereocenters. The van der Waals surface area contributed by atoms with E-state index in [0.29, 0.717) is 18.7 Å². The lowest BCUT2D eigenvalue weighted by Crippen LogP contribution is -2.32. The maximum atomic E-state index is 12.3. The number of hydrogen-bond acceptors (Lipinski definition) is 4. The first-order valence-electron chi connectivity index (χ1n) is 7.21. The number of nitrogens with one attached hydrogen (secondary N) is 1. The van der Waals surface area contributed by atoms with Gasteiger partial charge >= 0.3 is 0 Å². The molecule has 5 nitrogen and oxygen atoms in total. The Bertz CT molecular complexity index is 387. The lowest BCUT2D eigenvalue weighted by molar-refractivity contribution is 0.0755. The van der Waals surface area contributed by atoms with Gasteiger partial charge in [-0.15, -0.1) is 0 Å². The van der Waals surface area contributed by atoms with Gasteiger partial charge in [-0.25, -0.2) is 4.98 Å². The predicted molar refractivity (Wildman–Crippen MR) is 81.1 cm³/mol. The molecule has 1 rings (SSSR count). The highest BCUT2D eigenvalue weighted by molar-refractivity contribution is 5.94. The molecule has 1 heterocycles. The van der Waals surface area contributed by atoms with Gasteiger partial charge in [-0.3, -0.25) is 4.79 Å². The van der Waals surface area contributed by atoms with Crippen LogP contribution in [0.2, 0.25) is 0 Å².